The first-order valence-electron chi connectivity index (χ1n) is 15.1. The van der Waals surface area contributed by atoms with Gasteiger partial charge in [0.05, 0.1) is 6.61 Å². The van der Waals surface area contributed by atoms with Crippen molar-refractivity contribution in [1.29, 1.82) is 0 Å². The summed E-state index contributed by atoms with van der Waals surface area (Å²) in [6.07, 6.45) is -17.9. The molecule has 0 aliphatic carbocycles. The molecule has 3 unspecified atom stereocenters. The third-order valence-corrected chi connectivity index (χ3v) is 7.72. The SMILES string of the molecule is CCC(C)[C@@H]1C(OC(F)(F)F)[C@H](n2ccc(NC(C)=O)nc2=O)O[C@@H]1COC(C)=O.Nc1ccn([C@@H]2O[C@H](CO)[C@H](O)C2OC(F)(F)F)c(=O)n1. The minimum Gasteiger partial charge on any atom is -0.463 e. The molecule has 5 N–H and O–H groups in total. The number of amides is 1. The molecular formula is C28H36F6N6O11. The zero-order valence-electron chi connectivity index (χ0n) is 27.3. The van der Waals surface area contributed by atoms with Crippen LogP contribution < -0.4 is 22.4 Å². The zero-order valence-corrected chi connectivity index (χ0v) is 27.3. The Balaban J connectivity index is 0.000000293. The number of nitrogens with one attached hydrogen (secondary N) is 1. The maximum Gasteiger partial charge on any atom is 0.523 e. The van der Waals surface area contributed by atoms with Gasteiger partial charge in [-0.2, -0.15) is 9.97 Å². The largest absolute Gasteiger partial charge is 0.523 e. The van der Waals surface area contributed by atoms with Gasteiger partial charge in [-0.05, 0) is 18.1 Å². The molecule has 2 aromatic heterocycles. The molecule has 0 spiro atoms. The summed E-state index contributed by atoms with van der Waals surface area (Å²) in [5.41, 5.74) is 3.37. The number of aliphatic hydroxyl groups is 2. The monoisotopic (exact) mass is 746 g/mol. The number of alkyl halides is 6. The molecule has 0 aromatic carbocycles. The first kappa shape index (κ1) is 41.3. The smallest absolute Gasteiger partial charge is 0.463 e. The molecule has 2 aliphatic heterocycles. The van der Waals surface area contributed by atoms with Gasteiger partial charge in [-0.25, -0.2) is 9.59 Å². The van der Waals surface area contributed by atoms with Crippen molar-refractivity contribution >= 4 is 23.5 Å². The molecule has 2 saturated heterocycles. The van der Waals surface area contributed by atoms with Crippen LogP contribution in [-0.2, 0) is 33.3 Å². The van der Waals surface area contributed by atoms with Crippen LogP contribution >= 0.6 is 0 Å². The van der Waals surface area contributed by atoms with Crippen LogP contribution in [0.15, 0.2) is 34.1 Å². The van der Waals surface area contributed by atoms with Crippen LogP contribution in [0.3, 0.4) is 0 Å². The molecular weight excluding hydrogens is 710 g/mol. The molecule has 0 bridgehead atoms. The average Bonchev–Trinajstić information content (AvgIpc) is 3.50. The van der Waals surface area contributed by atoms with Gasteiger partial charge in [-0.3, -0.25) is 28.2 Å². The fraction of sp³-hybridized carbons (Fsp3) is 0.643. The van der Waals surface area contributed by atoms with Gasteiger partial charge < -0.3 is 35.5 Å². The second-order valence-electron chi connectivity index (χ2n) is 11.4. The summed E-state index contributed by atoms with van der Waals surface area (Å²) in [6, 6.07) is 2.43. The van der Waals surface area contributed by atoms with E-state index in [1.807, 2.05) is 0 Å². The van der Waals surface area contributed by atoms with Crippen molar-refractivity contribution in [2.75, 3.05) is 24.3 Å². The quantitative estimate of drug-likeness (QED) is 0.198. The number of carbonyl (C=O) groups is 2. The van der Waals surface area contributed by atoms with Gasteiger partial charge in [0.1, 0.15) is 48.8 Å². The Morgan fingerprint density at radius 1 is 0.961 bits per heavy atom. The summed E-state index contributed by atoms with van der Waals surface area (Å²) in [5, 5.41) is 21.0. The van der Waals surface area contributed by atoms with Crippen LogP contribution in [0.5, 0.6) is 0 Å². The summed E-state index contributed by atoms with van der Waals surface area (Å²) in [7, 11) is 0. The maximum absolute atomic E-state index is 13.2. The number of hydrogen-bond donors (Lipinski definition) is 4. The standard InChI is InChI=1S/C18H24F3N3O6.C10H12F3N3O5/c1-5-9(2)14-12(8-28-11(4)26)29-16(15(14)30-18(19,20)21)24-7-6-13(22-10(3)25)23-17(24)27;11-10(12,13)21-7-6(18)4(3-17)20-8(7)16-2-1-5(14)15-9(16)19/h6-7,9,12,14-16H,5,8H2,1-4H3,(H,22,23,25,27);1-2,4,6-8,17-18H,3H2,(H2,14,15,19)/t9?,12-,14+,15?,16-;4-,6+,7?,8-/m11/s1. The highest BCUT2D eigenvalue weighted by molar-refractivity contribution is 5.87. The van der Waals surface area contributed by atoms with E-state index in [9.17, 15) is 50.6 Å². The van der Waals surface area contributed by atoms with Crippen LogP contribution in [0.25, 0.3) is 0 Å². The van der Waals surface area contributed by atoms with Crippen molar-refractivity contribution in [1.82, 2.24) is 19.1 Å². The fourth-order valence-electron chi connectivity index (χ4n) is 5.43. The van der Waals surface area contributed by atoms with Gasteiger partial charge in [-0.1, -0.05) is 20.3 Å². The van der Waals surface area contributed by atoms with E-state index in [4.69, 9.17) is 25.1 Å². The van der Waals surface area contributed by atoms with E-state index in [1.165, 1.54) is 32.2 Å². The molecule has 0 saturated carbocycles. The lowest BCUT2D eigenvalue weighted by Crippen LogP contribution is -2.41. The minimum absolute atomic E-state index is 0.0509. The molecule has 2 aliphatic rings. The van der Waals surface area contributed by atoms with Crippen molar-refractivity contribution in [2.45, 2.75) is 89.8 Å². The predicted octanol–water partition coefficient (Wildman–Crippen LogP) is 1.21. The van der Waals surface area contributed by atoms with Crippen molar-refractivity contribution < 1.29 is 69.8 Å². The number of carbonyl (C=O) groups excluding carboxylic acids is 2. The number of aromatic nitrogens is 4. The Morgan fingerprint density at radius 2 is 1.49 bits per heavy atom. The van der Waals surface area contributed by atoms with Gasteiger partial charge in [0.2, 0.25) is 5.91 Å². The number of ether oxygens (including phenoxy) is 5. The number of halogens is 6. The van der Waals surface area contributed by atoms with Gasteiger partial charge in [0, 0.05) is 32.2 Å². The van der Waals surface area contributed by atoms with Crippen LogP contribution in [0.1, 0.15) is 46.6 Å². The number of hydrogen-bond acceptors (Lipinski definition) is 14. The third-order valence-electron chi connectivity index (χ3n) is 7.72. The van der Waals surface area contributed by atoms with E-state index >= 15 is 0 Å². The van der Waals surface area contributed by atoms with Crippen LogP contribution in [0, 0.1) is 11.8 Å². The Labute approximate surface area is 284 Å². The molecule has 2 fully saturated rings. The minimum atomic E-state index is -5.05. The first-order valence-corrected chi connectivity index (χ1v) is 15.1. The first-order chi connectivity index (χ1) is 23.6. The van der Waals surface area contributed by atoms with E-state index < -0.39 is 91.5 Å². The van der Waals surface area contributed by atoms with Crippen molar-refractivity contribution in [3.8, 4) is 0 Å². The lowest BCUT2D eigenvalue weighted by Gasteiger charge is -2.29. The highest BCUT2D eigenvalue weighted by Crippen LogP contribution is 2.43. The number of aliphatic hydroxyl groups excluding tert-OH is 2. The molecule has 286 valence electrons. The molecule has 51 heavy (non-hydrogen) atoms. The van der Waals surface area contributed by atoms with Gasteiger partial charge >= 0.3 is 30.1 Å². The molecule has 17 nitrogen and oxygen atoms in total. The molecule has 23 heteroatoms. The van der Waals surface area contributed by atoms with E-state index in [0.29, 0.717) is 11.0 Å². The van der Waals surface area contributed by atoms with Crippen molar-refractivity contribution in [2.24, 2.45) is 11.8 Å². The van der Waals surface area contributed by atoms with Gasteiger partial charge in [-0.15, -0.1) is 26.3 Å². The number of esters is 1. The van der Waals surface area contributed by atoms with Crippen molar-refractivity contribution in [3.05, 3.63) is 45.5 Å². The van der Waals surface area contributed by atoms with E-state index in [-0.39, 0.29) is 24.2 Å². The van der Waals surface area contributed by atoms with Crippen LogP contribution in [0.2, 0.25) is 0 Å². The third kappa shape index (κ3) is 11.2. The van der Waals surface area contributed by atoms with E-state index in [1.54, 1.807) is 13.8 Å². The summed E-state index contributed by atoms with van der Waals surface area (Å²) < 4.78 is 102. The molecule has 1 amide bonds. The molecule has 9 atom stereocenters. The van der Waals surface area contributed by atoms with E-state index in [0.717, 1.165) is 10.8 Å². The number of nitrogens with zero attached hydrogens (tertiary/aromatic N) is 4. The molecule has 4 rings (SSSR count). The average molecular weight is 747 g/mol. The second-order valence-corrected chi connectivity index (χ2v) is 11.4. The topological polar surface area (TPSA) is 229 Å². The summed E-state index contributed by atoms with van der Waals surface area (Å²) in [6.45, 7) is 4.88. The lowest BCUT2D eigenvalue weighted by atomic mass is 9.84. The zero-order chi connectivity index (χ0) is 38.4. The summed E-state index contributed by atoms with van der Waals surface area (Å²) in [5.74, 6) is -2.37. The predicted molar refractivity (Wildman–Crippen MR) is 158 cm³/mol. The Bertz CT molecular complexity index is 1620. The van der Waals surface area contributed by atoms with Gasteiger partial charge in [0.15, 0.2) is 12.5 Å². The number of nitrogens with two attached hydrogens (primary N) is 1. The Kier molecular flexibility index (Phi) is 13.7. The molecule has 0 radical (unpaired) electrons. The highest BCUT2D eigenvalue weighted by Gasteiger charge is 2.53. The van der Waals surface area contributed by atoms with Crippen LogP contribution in [-0.4, -0.2) is 97.7 Å². The van der Waals surface area contributed by atoms with Crippen LogP contribution in [0.4, 0.5) is 38.0 Å². The number of nitrogen functional groups attached to an aromatic ring is 1. The highest BCUT2D eigenvalue weighted by atomic mass is 19.4. The maximum atomic E-state index is 13.2. The van der Waals surface area contributed by atoms with Crippen molar-refractivity contribution in [3.63, 3.8) is 0 Å². The number of anilines is 2. The molecule has 4 heterocycles. The molecule has 2 aromatic rings. The number of rotatable bonds is 10. The second kappa shape index (κ2) is 16.9. The van der Waals surface area contributed by atoms with E-state index in [2.05, 4.69) is 24.8 Å². The normalized spacial score (nSPS) is 27.0. The Morgan fingerprint density at radius 3 is 1.98 bits per heavy atom. The summed E-state index contributed by atoms with van der Waals surface area (Å²) >= 11 is 0. The van der Waals surface area contributed by atoms with Gasteiger partial charge in [0.25, 0.3) is 0 Å². The fourth-order valence-corrected chi connectivity index (χ4v) is 5.43. The summed E-state index contributed by atoms with van der Waals surface area (Å²) in [4.78, 5) is 53.4. The Hall–Kier alpha value is -4.16. The lowest BCUT2D eigenvalue weighted by molar-refractivity contribution is -0.356.